The number of alkyl halides is 3. The summed E-state index contributed by atoms with van der Waals surface area (Å²) in [5.74, 6) is -0.481. The van der Waals surface area contributed by atoms with Gasteiger partial charge < -0.3 is 15.5 Å². The average molecular weight is 440 g/mol. The molecule has 2 aromatic rings. The van der Waals surface area contributed by atoms with Crippen molar-refractivity contribution in [2.75, 3.05) is 11.9 Å². The van der Waals surface area contributed by atoms with Gasteiger partial charge in [0.1, 0.15) is 10.7 Å². The summed E-state index contributed by atoms with van der Waals surface area (Å²) < 4.78 is 38.4. The van der Waals surface area contributed by atoms with Crippen LogP contribution in [0.15, 0.2) is 24.4 Å². The summed E-state index contributed by atoms with van der Waals surface area (Å²) in [7, 11) is 0. The van der Waals surface area contributed by atoms with Crippen LogP contribution in [0.1, 0.15) is 48.5 Å². The third-order valence-electron chi connectivity index (χ3n) is 5.27. The topological polar surface area (TPSA) is 87.2 Å². The van der Waals surface area contributed by atoms with Gasteiger partial charge in [-0.1, -0.05) is 17.7 Å². The van der Waals surface area contributed by atoms with Gasteiger partial charge in [0, 0.05) is 18.8 Å². The number of carbonyl (C=O) groups is 2. The van der Waals surface area contributed by atoms with Crippen molar-refractivity contribution in [3.05, 3.63) is 46.2 Å². The third-order valence-corrected chi connectivity index (χ3v) is 5.56. The lowest BCUT2D eigenvalue weighted by Gasteiger charge is -2.22. The molecule has 2 unspecified atom stereocenters. The lowest BCUT2D eigenvalue weighted by atomic mass is 9.91. The van der Waals surface area contributed by atoms with Gasteiger partial charge >= 0.3 is 6.18 Å². The Morgan fingerprint density at radius 1 is 1.23 bits per heavy atom. The second-order valence-electron chi connectivity index (χ2n) is 7.18. The zero-order chi connectivity index (χ0) is 21.6. The number of halogens is 4. The molecule has 2 aliphatic rings. The van der Waals surface area contributed by atoms with E-state index in [1.165, 1.54) is 6.92 Å². The molecule has 1 aromatic heterocycles. The molecule has 2 atom stereocenters. The highest BCUT2D eigenvalue weighted by molar-refractivity contribution is 6.30. The van der Waals surface area contributed by atoms with Crippen LogP contribution in [0, 0.1) is 0 Å². The first-order chi connectivity index (χ1) is 14.1. The third kappa shape index (κ3) is 3.67. The van der Waals surface area contributed by atoms with Crippen LogP contribution in [0.4, 0.5) is 24.8 Å². The molecule has 2 N–H and O–H groups in total. The van der Waals surface area contributed by atoms with E-state index in [2.05, 4.69) is 20.6 Å². The predicted molar refractivity (Wildman–Crippen MR) is 102 cm³/mol. The van der Waals surface area contributed by atoms with Crippen LogP contribution in [-0.2, 0) is 15.8 Å². The minimum absolute atomic E-state index is 0.0444. The first kappa shape index (κ1) is 20.4. The first-order valence-electron chi connectivity index (χ1n) is 9.21. The molecule has 1 saturated heterocycles. The lowest BCUT2D eigenvalue weighted by Crippen LogP contribution is -2.37. The fraction of sp³-hybridized carbons (Fsp3) is 0.368. The van der Waals surface area contributed by atoms with Crippen molar-refractivity contribution in [3.8, 4) is 0 Å². The van der Waals surface area contributed by atoms with Crippen molar-refractivity contribution in [1.82, 2.24) is 20.2 Å². The molecule has 0 saturated carbocycles. The van der Waals surface area contributed by atoms with Gasteiger partial charge in [0.2, 0.25) is 17.8 Å². The van der Waals surface area contributed by atoms with Crippen molar-refractivity contribution in [3.63, 3.8) is 0 Å². The summed E-state index contributed by atoms with van der Waals surface area (Å²) in [5, 5.41) is 4.71. The average Bonchev–Trinajstić information content (AvgIpc) is 3.22. The maximum Gasteiger partial charge on any atom is 0.420 e. The summed E-state index contributed by atoms with van der Waals surface area (Å²) in [6.07, 6.45) is -2.35. The van der Waals surface area contributed by atoms with Crippen LogP contribution in [0.25, 0.3) is 0 Å². The normalized spacial score (nSPS) is 19.6. The number of benzene rings is 1. The van der Waals surface area contributed by atoms with E-state index < -0.39 is 16.9 Å². The Morgan fingerprint density at radius 3 is 2.57 bits per heavy atom. The second kappa shape index (κ2) is 7.42. The van der Waals surface area contributed by atoms with Gasteiger partial charge in [-0.3, -0.25) is 9.59 Å². The van der Waals surface area contributed by atoms with Gasteiger partial charge in [0.15, 0.2) is 0 Å². The van der Waals surface area contributed by atoms with Crippen LogP contribution < -0.4 is 10.6 Å². The van der Waals surface area contributed by atoms with Crippen molar-refractivity contribution in [2.24, 2.45) is 0 Å². The number of hydrogen-bond acceptors (Lipinski definition) is 5. The molecular formula is C19H17ClF3N5O2. The summed E-state index contributed by atoms with van der Waals surface area (Å²) in [6, 6.07) is 5.33. The maximum atomic E-state index is 12.8. The number of nitrogens with one attached hydrogen (secondary N) is 2. The van der Waals surface area contributed by atoms with Crippen molar-refractivity contribution in [2.45, 2.75) is 38.0 Å². The molecule has 7 nitrogen and oxygen atoms in total. The van der Waals surface area contributed by atoms with Crippen LogP contribution in [0.3, 0.4) is 0 Å². The van der Waals surface area contributed by atoms with Gasteiger partial charge in [-0.2, -0.15) is 13.2 Å². The molecule has 2 bridgehead atoms. The van der Waals surface area contributed by atoms with E-state index in [1.54, 1.807) is 11.0 Å². The van der Waals surface area contributed by atoms with Gasteiger partial charge in [-0.25, -0.2) is 9.97 Å². The van der Waals surface area contributed by atoms with Gasteiger partial charge in [-0.15, -0.1) is 0 Å². The number of nitrogens with zero attached hydrogens (tertiary/aromatic N) is 3. The number of carbonyl (C=O) groups excluding carboxylic acids is 2. The highest BCUT2D eigenvalue weighted by Gasteiger charge is 2.46. The molecule has 4 rings (SSSR count). The molecule has 11 heteroatoms. The number of fused-ring (bicyclic) bond motifs is 5. The van der Waals surface area contributed by atoms with E-state index in [1.807, 2.05) is 12.1 Å². The van der Waals surface area contributed by atoms with Crippen molar-refractivity contribution >= 4 is 35.1 Å². The molecule has 0 radical (unpaired) electrons. The highest BCUT2D eigenvalue weighted by Crippen LogP contribution is 2.53. The zero-order valence-electron chi connectivity index (χ0n) is 15.8. The molecule has 2 aliphatic heterocycles. The van der Waals surface area contributed by atoms with E-state index in [9.17, 15) is 22.8 Å². The monoisotopic (exact) mass is 439 g/mol. The Labute approximate surface area is 174 Å². The summed E-state index contributed by atoms with van der Waals surface area (Å²) in [4.78, 5) is 32.8. The van der Waals surface area contributed by atoms with E-state index in [-0.39, 0.29) is 36.4 Å². The summed E-state index contributed by atoms with van der Waals surface area (Å²) in [6.45, 7) is 1.30. The SMILES string of the molecule is CC(=O)NCC(=O)N1C2CCC1c1cc(Nc3ncc(C(F)(F)F)c(Cl)n3)ccc12. The van der Waals surface area contributed by atoms with Crippen LogP contribution >= 0.6 is 11.6 Å². The van der Waals surface area contributed by atoms with Crippen LogP contribution in [0.5, 0.6) is 0 Å². The Morgan fingerprint density at radius 2 is 1.93 bits per heavy atom. The lowest BCUT2D eigenvalue weighted by molar-refractivity contribution is -0.138. The molecule has 0 aliphatic carbocycles. The fourth-order valence-corrected chi connectivity index (χ4v) is 4.28. The van der Waals surface area contributed by atoms with Crippen molar-refractivity contribution in [1.29, 1.82) is 0 Å². The standard InChI is InChI=1S/C19H17ClF3N5O2/c1-9(29)24-8-16(30)28-14-4-5-15(28)12-6-10(2-3-11(12)14)26-18-25-7-13(17(20)27-18)19(21,22)23/h2-3,6-7,14-15H,4-5,8H2,1H3,(H,24,29)(H,25,26,27). The number of hydrogen-bond donors (Lipinski definition) is 2. The quantitative estimate of drug-likeness (QED) is 0.708. The first-order valence-corrected chi connectivity index (χ1v) is 9.59. The molecule has 0 spiro atoms. The zero-order valence-corrected chi connectivity index (χ0v) is 16.5. The molecule has 1 fully saturated rings. The molecule has 2 amide bonds. The predicted octanol–water partition coefficient (Wildman–Crippen LogP) is 3.75. The van der Waals surface area contributed by atoms with E-state index in [0.717, 1.165) is 24.0 Å². The van der Waals surface area contributed by atoms with E-state index in [4.69, 9.17) is 11.6 Å². The van der Waals surface area contributed by atoms with E-state index in [0.29, 0.717) is 11.9 Å². The van der Waals surface area contributed by atoms with Gasteiger partial charge in [0.05, 0.1) is 18.6 Å². The summed E-state index contributed by atoms with van der Waals surface area (Å²) in [5.41, 5.74) is 1.46. The minimum Gasteiger partial charge on any atom is -0.347 e. The summed E-state index contributed by atoms with van der Waals surface area (Å²) >= 11 is 5.65. The van der Waals surface area contributed by atoms with Gasteiger partial charge in [-0.05, 0) is 36.1 Å². The molecular weight excluding hydrogens is 423 g/mol. The minimum atomic E-state index is -4.63. The van der Waals surface area contributed by atoms with Crippen LogP contribution in [-0.4, -0.2) is 33.2 Å². The van der Waals surface area contributed by atoms with Crippen LogP contribution in [0.2, 0.25) is 5.15 Å². The molecule has 3 heterocycles. The highest BCUT2D eigenvalue weighted by atomic mass is 35.5. The van der Waals surface area contributed by atoms with Crippen molar-refractivity contribution < 1.29 is 22.8 Å². The fourth-order valence-electron chi connectivity index (χ4n) is 4.05. The maximum absolute atomic E-state index is 12.8. The Kier molecular flexibility index (Phi) is 5.05. The Balaban J connectivity index is 1.54. The number of rotatable bonds is 4. The number of aromatic nitrogens is 2. The Hall–Kier alpha value is -2.88. The van der Waals surface area contributed by atoms with Gasteiger partial charge in [0.25, 0.3) is 0 Å². The molecule has 158 valence electrons. The smallest absolute Gasteiger partial charge is 0.347 e. The second-order valence-corrected chi connectivity index (χ2v) is 7.54. The van der Waals surface area contributed by atoms with E-state index >= 15 is 0 Å². The number of amides is 2. The largest absolute Gasteiger partial charge is 0.420 e. The Bertz CT molecular complexity index is 1030. The number of anilines is 2. The molecule has 1 aromatic carbocycles. The molecule has 30 heavy (non-hydrogen) atoms.